The Bertz CT molecular complexity index is 296. The normalized spacial score (nSPS) is 14.7. The molecule has 3 heteroatoms. The summed E-state index contributed by atoms with van der Waals surface area (Å²) in [5.41, 5.74) is 1.06. The van der Waals surface area contributed by atoms with Crippen LogP contribution in [0.1, 0.15) is 5.56 Å². The van der Waals surface area contributed by atoms with Crippen molar-refractivity contribution in [3.63, 3.8) is 0 Å². The van der Waals surface area contributed by atoms with Crippen LogP contribution in [0.25, 0.3) is 0 Å². The lowest BCUT2D eigenvalue weighted by Gasteiger charge is -1.97. The average molecular weight is 149 g/mol. The highest BCUT2D eigenvalue weighted by molar-refractivity contribution is 5.71. The quantitative estimate of drug-likeness (QED) is 0.603. The van der Waals surface area contributed by atoms with E-state index in [4.69, 9.17) is 4.74 Å². The van der Waals surface area contributed by atoms with Gasteiger partial charge in [-0.05, 0) is 17.7 Å². The molecule has 56 valence electrons. The molecule has 0 fully saturated rings. The largest absolute Gasteiger partial charge is 0.412 e. The maximum atomic E-state index is 10.8. The zero-order chi connectivity index (χ0) is 7.68. The Morgan fingerprint density at radius 2 is 2.36 bits per heavy atom. The van der Waals surface area contributed by atoms with Crippen LogP contribution in [0.4, 0.5) is 4.79 Å². The predicted molar refractivity (Wildman–Crippen MR) is 39.3 cm³/mol. The van der Waals surface area contributed by atoms with Crippen molar-refractivity contribution in [1.82, 2.24) is 5.32 Å². The van der Waals surface area contributed by atoms with Crippen LogP contribution in [0.3, 0.4) is 0 Å². The second kappa shape index (κ2) is 2.27. The molecule has 0 spiro atoms. The highest BCUT2D eigenvalue weighted by atomic mass is 16.6. The Kier molecular flexibility index (Phi) is 1.28. The number of carbonyl (C=O) groups is 1. The van der Waals surface area contributed by atoms with E-state index in [9.17, 15) is 4.79 Å². The molecule has 1 heterocycles. The molecule has 0 unspecified atom stereocenters. The Morgan fingerprint density at radius 1 is 1.45 bits per heavy atom. The van der Waals surface area contributed by atoms with Gasteiger partial charge in [0.1, 0.15) is 5.75 Å². The number of nitrogens with one attached hydrogen (secondary N) is 1. The second-order valence-electron chi connectivity index (χ2n) is 2.39. The van der Waals surface area contributed by atoms with Crippen molar-refractivity contribution in [3.8, 4) is 5.75 Å². The molecule has 0 saturated heterocycles. The lowest BCUT2D eigenvalue weighted by molar-refractivity contribution is 0.201. The fourth-order valence-corrected chi connectivity index (χ4v) is 1.04. The summed E-state index contributed by atoms with van der Waals surface area (Å²) in [5, 5.41) is 2.59. The van der Waals surface area contributed by atoms with Gasteiger partial charge in [0.2, 0.25) is 0 Å². The first-order valence-corrected chi connectivity index (χ1v) is 3.39. The Morgan fingerprint density at radius 3 is 3.27 bits per heavy atom. The van der Waals surface area contributed by atoms with Crippen molar-refractivity contribution in [1.29, 1.82) is 0 Å². The van der Waals surface area contributed by atoms with Gasteiger partial charge in [-0.3, -0.25) is 0 Å². The van der Waals surface area contributed by atoms with Crippen LogP contribution in [-0.4, -0.2) is 6.09 Å². The molecule has 2 bridgehead atoms. The first kappa shape index (κ1) is 6.22. The van der Waals surface area contributed by atoms with E-state index in [2.05, 4.69) is 5.32 Å². The smallest absolute Gasteiger partial charge is 0.410 e. The summed E-state index contributed by atoms with van der Waals surface area (Å²) >= 11 is 0. The summed E-state index contributed by atoms with van der Waals surface area (Å²) in [7, 11) is 0. The van der Waals surface area contributed by atoms with Gasteiger partial charge in [0.15, 0.2) is 0 Å². The number of rotatable bonds is 0. The first-order chi connectivity index (χ1) is 5.34. The number of carbonyl (C=O) groups excluding carboxylic acids is 1. The van der Waals surface area contributed by atoms with Gasteiger partial charge >= 0.3 is 6.09 Å². The van der Waals surface area contributed by atoms with Crippen LogP contribution >= 0.6 is 0 Å². The second-order valence-corrected chi connectivity index (χ2v) is 2.39. The molecule has 0 aliphatic carbocycles. The third kappa shape index (κ3) is 1.17. The van der Waals surface area contributed by atoms with Crippen molar-refractivity contribution in [2.45, 2.75) is 6.54 Å². The summed E-state index contributed by atoms with van der Waals surface area (Å²) in [4.78, 5) is 10.8. The van der Waals surface area contributed by atoms with E-state index in [0.717, 1.165) is 5.56 Å². The molecule has 1 aromatic rings. The highest BCUT2D eigenvalue weighted by Gasteiger charge is 2.08. The molecular formula is C8H7NO2. The summed E-state index contributed by atoms with van der Waals surface area (Å²) in [6.07, 6.45) is -0.383. The molecule has 1 aliphatic heterocycles. The van der Waals surface area contributed by atoms with E-state index >= 15 is 0 Å². The summed E-state index contributed by atoms with van der Waals surface area (Å²) in [6.45, 7) is 0.548. The van der Waals surface area contributed by atoms with E-state index in [1.54, 1.807) is 6.07 Å². The van der Waals surface area contributed by atoms with E-state index in [1.807, 2.05) is 18.2 Å². The Labute approximate surface area is 64.0 Å². The van der Waals surface area contributed by atoms with Crippen LogP contribution in [0, 0.1) is 0 Å². The third-order valence-corrected chi connectivity index (χ3v) is 1.55. The molecule has 1 amide bonds. The van der Waals surface area contributed by atoms with Crippen LogP contribution < -0.4 is 10.1 Å². The molecular weight excluding hydrogens is 142 g/mol. The van der Waals surface area contributed by atoms with Crippen LogP contribution in [0.2, 0.25) is 0 Å². The first-order valence-electron chi connectivity index (χ1n) is 3.39. The minimum Gasteiger partial charge on any atom is -0.410 e. The van der Waals surface area contributed by atoms with Gasteiger partial charge in [0, 0.05) is 6.54 Å². The van der Waals surface area contributed by atoms with Gasteiger partial charge in [-0.2, -0.15) is 0 Å². The maximum absolute atomic E-state index is 10.8. The van der Waals surface area contributed by atoms with E-state index in [0.29, 0.717) is 12.3 Å². The summed E-state index contributed by atoms with van der Waals surface area (Å²) in [5.74, 6) is 0.609. The molecule has 0 atom stereocenters. The highest BCUT2D eigenvalue weighted by Crippen LogP contribution is 2.15. The van der Waals surface area contributed by atoms with Crippen molar-refractivity contribution >= 4 is 6.09 Å². The number of ether oxygens (including phenoxy) is 1. The van der Waals surface area contributed by atoms with Gasteiger partial charge in [-0.1, -0.05) is 12.1 Å². The topological polar surface area (TPSA) is 38.3 Å². The maximum Gasteiger partial charge on any atom is 0.412 e. The zero-order valence-electron chi connectivity index (χ0n) is 5.83. The molecule has 1 aromatic carbocycles. The molecule has 1 aliphatic rings. The molecule has 0 saturated carbocycles. The lowest BCUT2D eigenvalue weighted by atomic mass is 10.2. The average Bonchev–Trinajstić information content (AvgIpc) is 2.12. The zero-order valence-corrected chi connectivity index (χ0v) is 5.83. The number of fused-ring (bicyclic) bond motifs is 2. The number of hydrogen-bond acceptors (Lipinski definition) is 2. The van der Waals surface area contributed by atoms with Gasteiger partial charge in [-0.25, -0.2) is 4.79 Å². The summed E-state index contributed by atoms with van der Waals surface area (Å²) in [6, 6.07) is 7.41. The van der Waals surface area contributed by atoms with E-state index in [-0.39, 0.29) is 6.09 Å². The molecule has 0 radical (unpaired) electrons. The van der Waals surface area contributed by atoms with Crippen LogP contribution in [0.15, 0.2) is 24.3 Å². The number of amides is 1. The van der Waals surface area contributed by atoms with Gasteiger partial charge in [-0.15, -0.1) is 0 Å². The third-order valence-electron chi connectivity index (χ3n) is 1.55. The fraction of sp³-hybridized carbons (Fsp3) is 0.125. The SMILES string of the molecule is O=C1NCc2cccc(c2)O1. The van der Waals surface area contributed by atoms with Gasteiger partial charge in [0.05, 0.1) is 0 Å². The van der Waals surface area contributed by atoms with Gasteiger partial charge in [0.25, 0.3) is 0 Å². The van der Waals surface area contributed by atoms with Crippen molar-refractivity contribution < 1.29 is 9.53 Å². The molecule has 11 heavy (non-hydrogen) atoms. The standard InChI is InChI=1S/C8H7NO2/c10-8-9-5-6-2-1-3-7(4-6)11-8/h1-4H,5H2,(H,9,10). The monoisotopic (exact) mass is 149 g/mol. The molecule has 0 aromatic heterocycles. The minimum atomic E-state index is -0.383. The molecule has 2 rings (SSSR count). The Balaban J connectivity index is 2.42. The van der Waals surface area contributed by atoms with Gasteiger partial charge < -0.3 is 10.1 Å². The molecule has 1 N–H and O–H groups in total. The van der Waals surface area contributed by atoms with Crippen LogP contribution in [0.5, 0.6) is 5.75 Å². The predicted octanol–water partition coefficient (Wildman–Crippen LogP) is 1.29. The molecule has 3 nitrogen and oxygen atoms in total. The summed E-state index contributed by atoms with van der Waals surface area (Å²) < 4.78 is 4.87. The van der Waals surface area contributed by atoms with Crippen molar-refractivity contribution in [2.24, 2.45) is 0 Å². The minimum absolute atomic E-state index is 0.383. The number of benzene rings is 1. The van der Waals surface area contributed by atoms with E-state index < -0.39 is 0 Å². The Hall–Kier alpha value is -1.51. The number of hydrogen-bond donors (Lipinski definition) is 1. The lowest BCUT2D eigenvalue weighted by Crippen LogP contribution is -2.23. The van der Waals surface area contributed by atoms with Crippen LogP contribution in [-0.2, 0) is 6.54 Å². The van der Waals surface area contributed by atoms with Crippen molar-refractivity contribution in [3.05, 3.63) is 29.8 Å². The fourth-order valence-electron chi connectivity index (χ4n) is 1.04. The van der Waals surface area contributed by atoms with Crippen molar-refractivity contribution in [2.75, 3.05) is 0 Å². The van der Waals surface area contributed by atoms with E-state index in [1.165, 1.54) is 0 Å².